The van der Waals surface area contributed by atoms with Crippen LogP contribution in [0.2, 0.25) is 0 Å². The van der Waals surface area contributed by atoms with Crippen molar-refractivity contribution in [1.29, 1.82) is 0 Å². The summed E-state index contributed by atoms with van der Waals surface area (Å²) in [5, 5.41) is 0. The van der Waals surface area contributed by atoms with Gasteiger partial charge in [0.05, 0.1) is 0 Å². The molecule has 18 heavy (non-hydrogen) atoms. The van der Waals surface area contributed by atoms with E-state index in [-0.39, 0.29) is 18.5 Å². The fourth-order valence-corrected chi connectivity index (χ4v) is 1.76. The summed E-state index contributed by atoms with van der Waals surface area (Å²) in [6.45, 7) is 3.56. The third kappa shape index (κ3) is 3.16. The third-order valence-corrected chi connectivity index (χ3v) is 2.60. The predicted molar refractivity (Wildman–Crippen MR) is 63.2 cm³/mol. The SMILES string of the molecule is CC(C)N(CCCl)C(=O)c1c(F)cc(F)cc1F. The molecular weight excluding hydrogens is 267 g/mol. The van der Waals surface area contributed by atoms with Crippen molar-refractivity contribution in [3.63, 3.8) is 0 Å². The summed E-state index contributed by atoms with van der Waals surface area (Å²) in [4.78, 5) is 13.2. The molecule has 0 bridgehead atoms. The molecule has 0 atom stereocenters. The van der Waals surface area contributed by atoms with Crippen molar-refractivity contribution >= 4 is 17.5 Å². The standard InChI is InChI=1S/C12H13ClF3NO/c1-7(2)17(4-3-13)12(18)11-9(15)5-8(14)6-10(11)16/h5-7H,3-4H2,1-2H3. The predicted octanol–water partition coefficient (Wildman–Crippen LogP) is 3.19. The summed E-state index contributed by atoms with van der Waals surface area (Å²) in [7, 11) is 0. The highest BCUT2D eigenvalue weighted by Gasteiger charge is 2.25. The zero-order chi connectivity index (χ0) is 13.9. The topological polar surface area (TPSA) is 20.3 Å². The van der Waals surface area contributed by atoms with Crippen LogP contribution in [0.3, 0.4) is 0 Å². The summed E-state index contributed by atoms with van der Waals surface area (Å²) in [5.74, 6) is -4.17. The molecule has 0 aromatic heterocycles. The van der Waals surface area contributed by atoms with Crippen molar-refractivity contribution in [1.82, 2.24) is 4.90 Å². The molecular formula is C12H13ClF3NO. The first-order valence-corrected chi connectivity index (χ1v) is 5.93. The zero-order valence-corrected chi connectivity index (χ0v) is 10.8. The van der Waals surface area contributed by atoms with Crippen molar-refractivity contribution < 1.29 is 18.0 Å². The van der Waals surface area contributed by atoms with Crippen molar-refractivity contribution in [2.45, 2.75) is 19.9 Å². The van der Waals surface area contributed by atoms with Gasteiger partial charge in [0.25, 0.3) is 5.91 Å². The zero-order valence-electron chi connectivity index (χ0n) is 10.0. The first-order valence-electron chi connectivity index (χ1n) is 5.40. The summed E-state index contributed by atoms with van der Waals surface area (Å²) in [6, 6.07) is 0.700. The molecule has 0 aliphatic rings. The van der Waals surface area contributed by atoms with E-state index >= 15 is 0 Å². The van der Waals surface area contributed by atoms with Crippen LogP contribution < -0.4 is 0 Å². The number of hydrogen-bond acceptors (Lipinski definition) is 1. The molecule has 0 aliphatic carbocycles. The van der Waals surface area contributed by atoms with Gasteiger partial charge in [-0.25, -0.2) is 13.2 Å². The average molecular weight is 280 g/mol. The van der Waals surface area contributed by atoms with Gasteiger partial charge in [-0.15, -0.1) is 11.6 Å². The normalized spacial score (nSPS) is 10.8. The number of benzene rings is 1. The lowest BCUT2D eigenvalue weighted by Crippen LogP contribution is -2.39. The van der Waals surface area contributed by atoms with E-state index in [2.05, 4.69) is 0 Å². The monoisotopic (exact) mass is 279 g/mol. The van der Waals surface area contributed by atoms with Crippen LogP contribution in [0.5, 0.6) is 0 Å². The molecule has 0 saturated heterocycles. The Morgan fingerprint density at radius 1 is 1.28 bits per heavy atom. The van der Waals surface area contributed by atoms with Gasteiger partial charge >= 0.3 is 0 Å². The van der Waals surface area contributed by atoms with Gasteiger partial charge in [-0.3, -0.25) is 4.79 Å². The van der Waals surface area contributed by atoms with E-state index in [1.165, 1.54) is 4.90 Å². The molecule has 1 aromatic rings. The van der Waals surface area contributed by atoms with E-state index in [9.17, 15) is 18.0 Å². The Kier molecular flexibility index (Phi) is 5.02. The number of halogens is 4. The molecule has 1 rings (SSSR count). The molecule has 0 radical (unpaired) electrons. The van der Waals surface area contributed by atoms with Gasteiger partial charge in [0.15, 0.2) is 0 Å². The molecule has 0 spiro atoms. The minimum Gasteiger partial charge on any atom is -0.335 e. The fraction of sp³-hybridized carbons (Fsp3) is 0.417. The highest BCUT2D eigenvalue weighted by molar-refractivity contribution is 6.18. The van der Waals surface area contributed by atoms with E-state index in [1.54, 1.807) is 13.8 Å². The quantitative estimate of drug-likeness (QED) is 0.775. The molecule has 1 aromatic carbocycles. The Hall–Kier alpha value is -1.23. The maximum atomic E-state index is 13.5. The van der Waals surface area contributed by atoms with Gasteiger partial charge in [0, 0.05) is 30.6 Å². The first kappa shape index (κ1) is 14.8. The molecule has 2 nitrogen and oxygen atoms in total. The van der Waals surface area contributed by atoms with Crippen LogP contribution in [0, 0.1) is 17.5 Å². The summed E-state index contributed by atoms with van der Waals surface area (Å²) in [6.07, 6.45) is 0. The first-order chi connectivity index (χ1) is 8.38. The molecule has 0 heterocycles. The van der Waals surface area contributed by atoms with Gasteiger partial charge in [0.2, 0.25) is 0 Å². The number of carbonyl (C=O) groups excluding carboxylic acids is 1. The maximum Gasteiger partial charge on any atom is 0.260 e. The lowest BCUT2D eigenvalue weighted by Gasteiger charge is -2.26. The average Bonchev–Trinajstić information content (AvgIpc) is 2.23. The second-order valence-electron chi connectivity index (χ2n) is 4.03. The van der Waals surface area contributed by atoms with E-state index in [4.69, 9.17) is 11.6 Å². The molecule has 0 N–H and O–H groups in total. The number of alkyl halides is 1. The maximum absolute atomic E-state index is 13.5. The van der Waals surface area contributed by atoms with Crippen molar-refractivity contribution in [2.75, 3.05) is 12.4 Å². The molecule has 6 heteroatoms. The minimum absolute atomic E-state index is 0.147. The van der Waals surface area contributed by atoms with E-state index in [1.807, 2.05) is 0 Å². The molecule has 0 fully saturated rings. The van der Waals surface area contributed by atoms with Crippen LogP contribution in [0.15, 0.2) is 12.1 Å². The number of rotatable bonds is 4. The molecule has 0 saturated carbocycles. The second kappa shape index (κ2) is 6.09. The van der Waals surface area contributed by atoms with Crippen LogP contribution in [-0.2, 0) is 0 Å². The molecule has 0 aliphatic heterocycles. The van der Waals surface area contributed by atoms with Crippen molar-refractivity contribution in [2.24, 2.45) is 0 Å². The van der Waals surface area contributed by atoms with Crippen LogP contribution in [-0.4, -0.2) is 29.3 Å². The highest BCUT2D eigenvalue weighted by Crippen LogP contribution is 2.18. The van der Waals surface area contributed by atoms with E-state index in [0.29, 0.717) is 12.1 Å². The van der Waals surface area contributed by atoms with E-state index < -0.39 is 28.9 Å². The van der Waals surface area contributed by atoms with Gasteiger partial charge in [0.1, 0.15) is 23.0 Å². The van der Waals surface area contributed by atoms with Crippen LogP contribution in [0.4, 0.5) is 13.2 Å². The van der Waals surface area contributed by atoms with Gasteiger partial charge in [-0.2, -0.15) is 0 Å². The van der Waals surface area contributed by atoms with Crippen LogP contribution in [0.25, 0.3) is 0 Å². The summed E-state index contributed by atoms with van der Waals surface area (Å²) < 4.78 is 39.7. The number of nitrogens with zero attached hydrogens (tertiary/aromatic N) is 1. The number of carbonyl (C=O) groups is 1. The Morgan fingerprint density at radius 3 is 2.17 bits per heavy atom. The third-order valence-electron chi connectivity index (χ3n) is 2.43. The Balaban J connectivity index is 3.16. The van der Waals surface area contributed by atoms with Crippen LogP contribution >= 0.6 is 11.6 Å². The van der Waals surface area contributed by atoms with E-state index in [0.717, 1.165) is 0 Å². The summed E-state index contributed by atoms with van der Waals surface area (Å²) in [5.41, 5.74) is -0.754. The van der Waals surface area contributed by atoms with Crippen molar-refractivity contribution in [3.8, 4) is 0 Å². The van der Waals surface area contributed by atoms with Gasteiger partial charge < -0.3 is 4.90 Å². The lowest BCUT2D eigenvalue weighted by atomic mass is 10.1. The lowest BCUT2D eigenvalue weighted by molar-refractivity contribution is 0.0708. The Bertz CT molecular complexity index is 428. The molecule has 100 valence electrons. The smallest absolute Gasteiger partial charge is 0.260 e. The fourth-order valence-electron chi connectivity index (χ4n) is 1.58. The van der Waals surface area contributed by atoms with Gasteiger partial charge in [-0.05, 0) is 13.8 Å². The largest absolute Gasteiger partial charge is 0.335 e. The summed E-state index contributed by atoms with van der Waals surface area (Å²) >= 11 is 5.54. The van der Waals surface area contributed by atoms with Gasteiger partial charge in [-0.1, -0.05) is 0 Å². The Morgan fingerprint density at radius 2 is 1.78 bits per heavy atom. The second-order valence-corrected chi connectivity index (χ2v) is 4.40. The Labute approximate surface area is 108 Å². The number of amides is 1. The minimum atomic E-state index is -1.21. The van der Waals surface area contributed by atoms with Crippen LogP contribution in [0.1, 0.15) is 24.2 Å². The molecule has 1 amide bonds. The number of hydrogen-bond donors (Lipinski definition) is 0. The molecule has 0 unspecified atom stereocenters. The van der Waals surface area contributed by atoms with Crippen molar-refractivity contribution in [3.05, 3.63) is 35.1 Å². The highest BCUT2D eigenvalue weighted by atomic mass is 35.5.